The van der Waals surface area contributed by atoms with Crippen LogP contribution in [0.25, 0.3) is 6.08 Å². The second-order valence-electron chi connectivity index (χ2n) is 8.32. The van der Waals surface area contributed by atoms with E-state index in [0.29, 0.717) is 17.2 Å². The van der Waals surface area contributed by atoms with Crippen molar-refractivity contribution in [3.8, 4) is 11.5 Å². The van der Waals surface area contributed by atoms with Gasteiger partial charge in [-0.1, -0.05) is 12.5 Å². The lowest BCUT2D eigenvalue weighted by molar-refractivity contribution is -0.124. The van der Waals surface area contributed by atoms with Crippen LogP contribution in [0.15, 0.2) is 28.9 Å². The molecule has 0 unspecified atom stereocenters. The van der Waals surface area contributed by atoms with Crippen LogP contribution in [-0.4, -0.2) is 48.4 Å². The van der Waals surface area contributed by atoms with Crippen LogP contribution in [-0.2, 0) is 9.59 Å². The summed E-state index contributed by atoms with van der Waals surface area (Å²) in [4.78, 5) is 31.0. The lowest BCUT2D eigenvalue weighted by atomic mass is 10.1. The van der Waals surface area contributed by atoms with Crippen LogP contribution in [0.4, 0.5) is 0 Å². The molecular formula is C22H29N3O4. The van der Waals surface area contributed by atoms with Gasteiger partial charge in [0.1, 0.15) is 11.5 Å². The molecule has 0 atom stereocenters. The molecule has 1 saturated heterocycles. The summed E-state index contributed by atoms with van der Waals surface area (Å²) in [6.07, 6.45) is 5.83. The van der Waals surface area contributed by atoms with Gasteiger partial charge in [-0.05, 0) is 57.4 Å². The fourth-order valence-corrected chi connectivity index (χ4v) is 3.40. The Morgan fingerprint density at radius 1 is 1.24 bits per heavy atom. The van der Waals surface area contributed by atoms with E-state index in [1.807, 2.05) is 26.8 Å². The van der Waals surface area contributed by atoms with E-state index in [2.05, 4.69) is 10.3 Å². The summed E-state index contributed by atoms with van der Waals surface area (Å²) >= 11 is 0. The molecular weight excluding hydrogens is 370 g/mol. The first-order valence-electron chi connectivity index (χ1n) is 10.00. The van der Waals surface area contributed by atoms with E-state index < -0.39 is 0 Å². The molecule has 0 saturated carbocycles. The molecule has 1 aromatic carbocycles. The van der Waals surface area contributed by atoms with E-state index in [4.69, 9.17) is 9.47 Å². The van der Waals surface area contributed by atoms with Crippen molar-refractivity contribution in [3.63, 3.8) is 0 Å². The van der Waals surface area contributed by atoms with Crippen molar-refractivity contribution in [2.45, 2.75) is 52.0 Å². The summed E-state index contributed by atoms with van der Waals surface area (Å²) in [6, 6.07) is 5.34. The van der Waals surface area contributed by atoms with Gasteiger partial charge in [-0.25, -0.2) is 4.99 Å². The van der Waals surface area contributed by atoms with Crippen molar-refractivity contribution in [3.05, 3.63) is 29.5 Å². The number of benzene rings is 1. The van der Waals surface area contributed by atoms with E-state index in [0.717, 1.165) is 43.6 Å². The summed E-state index contributed by atoms with van der Waals surface area (Å²) in [6.45, 7) is 6.37. The van der Waals surface area contributed by atoms with Crippen LogP contribution in [0.5, 0.6) is 11.5 Å². The Labute approximate surface area is 171 Å². The first-order chi connectivity index (χ1) is 13.8. The summed E-state index contributed by atoms with van der Waals surface area (Å²) in [5.41, 5.74) is 0.920. The number of hydrogen-bond donors (Lipinski definition) is 1. The van der Waals surface area contributed by atoms with Gasteiger partial charge in [-0.3, -0.25) is 14.5 Å². The molecule has 0 spiro atoms. The maximum absolute atomic E-state index is 12.7. The predicted molar refractivity (Wildman–Crippen MR) is 112 cm³/mol. The molecule has 2 amide bonds. The van der Waals surface area contributed by atoms with Crippen LogP contribution in [0.2, 0.25) is 0 Å². The summed E-state index contributed by atoms with van der Waals surface area (Å²) in [5, 5.41) is 2.85. The maximum Gasteiger partial charge on any atom is 0.277 e. The third-order valence-corrected chi connectivity index (χ3v) is 4.67. The Morgan fingerprint density at radius 3 is 2.76 bits per heavy atom. The van der Waals surface area contributed by atoms with Crippen LogP contribution < -0.4 is 14.8 Å². The smallest absolute Gasteiger partial charge is 0.277 e. The maximum atomic E-state index is 12.7. The molecule has 29 heavy (non-hydrogen) atoms. The Hall–Kier alpha value is -2.83. The minimum Gasteiger partial charge on any atom is -0.493 e. The standard InChI is InChI=1S/C22H29N3O4/c1-22(2,3)24-20(26)14-29-17-10-9-15(13-18(17)28-4)12-16-21(27)25-11-7-5-6-8-19(25)23-16/h9-10,12-13H,5-8,11,14H2,1-4H3,(H,24,26)/b16-12+. The average molecular weight is 399 g/mol. The number of carbonyl (C=O) groups excluding carboxylic acids is 2. The van der Waals surface area contributed by atoms with Gasteiger partial charge in [-0.2, -0.15) is 0 Å². The zero-order chi connectivity index (χ0) is 21.0. The van der Waals surface area contributed by atoms with Crippen LogP contribution in [0.1, 0.15) is 52.0 Å². The molecule has 2 heterocycles. The highest BCUT2D eigenvalue weighted by atomic mass is 16.5. The van der Waals surface area contributed by atoms with Crippen molar-refractivity contribution in [2.24, 2.45) is 4.99 Å². The molecule has 0 aromatic heterocycles. The molecule has 0 aliphatic carbocycles. The van der Waals surface area contributed by atoms with Crippen LogP contribution in [0.3, 0.4) is 0 Å². The van der Waals surface area contributed by atoms with Gasteiger partial charge in [0.25, 0.3) is 11.8 Å². The second kappa shape index (κ2) is 8.68. The van der Waals surface area contributed by atoms with Gasteiger partial charge in [0, 0.05) is 18.5 Å². The van der Waals surface area contributed by atoms with E-state index in [-0.39, 0.29) is 24.0 Å². The number of hydrogen-bond acceptors (Lipinski definition) is 5. The first kappa shape index (κ1) is 20.9. The third-order valence-electron chi connectivity index (χ3n) is 4.67. The number of ether oxygens (including phenoxy) is 2. The number of carbonyl (C=O) groups is 2. The molecule has 1 fully saturated rings. The molecule has 2 aliphatic heterocycles. The molecule has 2 aliphatic rings. The zero-order valence-electron chi connectivity index (χ0n) is 17.6. The Kier molecular flexibility index (Phi) is 6.25. The average Bonchev–Trinajstić information content (AvgIpc) is 2.82. The largest absolute Gasteiger partial charge is 0.493 e. The van der Waals surface area contributed by atoms with Gasteiger partial charge >= 0.3 is 0 Å². The zero-order valence-corrected chi connectivity index (χ0v) is 17.6. The second-order valence-corrected chi connectivity index (χ2v) is 8.32. The minimum atomic E-state index is -0.317. The van der Waals surface area contributed by atoms with Gasteiger partial charge in [0.2, 0.25) is 0 Å². The monoisotopic (exact) mass is 399 g/mol. The van der Waals surface area contributed by atoms with Gasteiger partial charge < -0.3 is 14.8 Å². The predicted octanol–water partition coefficient (Wildman–Crippen LogP) is 3.14. The number of aliphatic imine (C=N–C) groups is 1. The third kappa shape index (κ3) is 5.37. The topological polar surface area (TPSA) is 80.2 Å². The highest BCUT2D eigenvalue weighted by Gasteiger charge is 2.30. The van der Waals surface area contributed by atoms with Gasteiger partial charge in [0.15, 0.2) is 18.1 Å². The molecule has 7 heteroatoms. The van der Waals surface area contributed by atoms with Gasteiger partial charge in [-0.15, -0.1) is 0 Å². The van der Waals surface area contributed by atoms with Crippen LogP contribution >= 0.6 is 0 Å². The Balaban J connectivity index is 1.73. The van der Waals surface area contributed by atoms with Crippen LogP contribution in [0, 0.1) is 0 Å². The summed E-state index contributed by atoms with van der Waals surface area (Å²) < 4.78 is 11.0. The number of nitrogens with zero attached hydrogens (tertiary/aromatic N) is 2. The summed E-state index contributed by atoms with van der Waals surface area (Å²) in [5.74, 6) is 1.59. The van der Waals surface area contributed by atoms with E-state index in [1.54, 1.807) is 30.2 Å². The quantitative estimate of drug-likeness (QED) is 0.772. The van der Waals surface area contributed by atoms with Crippen molar-refractivity contribution in [1.82, 2.24) is 10.2 Å². The van der Waals surface area contributed by atoms with E-state index in [9.17, 15) is 9.59 Å². The van der Waals surface area contributed by atoms with E-state index >= 15 is 0 Å². The van der Waals surface area contributed by atoms with Crippen molar-refractivity contribution in [2.75, 3.05) is 20.3 Å². The fourth-order valence-electron chi connectivity index (χ4n) is 3.40. The molecule has 3 rings (SSSR count). The molecule has 1 aromatic rings. The highest BCUT2D eigenvalue weighted by Crippen LogP contribution is 2.30. The van der Waals surface area contributed by atoms with Gasteiger partial charge in [0.05, 0.1) is 7.11 Å². The molecule has 0 bridgehead atoms. The fraction of sp³-hybridized carbons (Fsp3) is 0.500. The molecule has 156 valence electrons. The summed E-state index contributed by atoms with van der Waals surface area (Å²) in [7, 11) is 1.54. The normalized spacial score (nSPS) is 18.2. The number of amides is 2. The minimum absolute atomic E-state index is 0.0416. The Bertz CT molecular complexity index is 852. The van der Waals surface area contributed by atoms with E-state index in [1.165, 1.54) is 0 Å². The highest BCUT2D eigenvalue weighted by molar-refractivity contribution is 6.14. The first-order valence-corrected chi connectivity index (χ1v) is 10.00. The lowest BCUT2D eigenvalue weighted by Crippen LogP contribution is -2.43. The van der Waals surface area contributed by atoms with Crippen molar-refractivity contribution < 1.29 is 19.1 Å². The van der Waals surface area contributed by atoms with Crippen molar-refractivity contribution in [1.29, 1.82) is 0 Å². The lowest BCUT2D eigenvalue weighted by Gasteiger charge is -2.20. The number of nitrogens with one attached hydrogen (secondary N) is 1. The molecule has 7 nitrogen and oxygen atoms in total. The number of fused-ring (bicyclic) bond motifs is 1. The Morgan fingerprint density at radius 2 is 2.03 bits per heavy atom. The number of rotatable bonds is 5. The number of methoxy groups -OCH3 is 1. The van der Waals surface area contributed by atoms with Crippen molar-refractivity contribution >= 4 is 23.7 Å². The number of amidine groups is 1. The SMILES string of the molecule is COc1cc(/C=C2/N=C3CCCCCN3C2=O)ccc1OCC(=O)NC(C)(C)C. The molecule has 0 radical (unpaired) electrons. The molecule has 1 N–H and O–H groups in total.